The Kier molecular flexibility index (Phi) is 3.34. The Morgan fingerprint density at radius 1 is 1.44 bits per heavy atom. The van der Waals surface area contributed by atoms with E-state index in [2.05, 4.69) is 15.4 Å². The van der Waals surface area contributed by atoms with Gasteiger partial charge in [0.15, 0.2) is 0 Å². The molecule has 0 bridgehead atoms. The van der Waals surface area contributed by atoms with Crippen LogP contribution in [0.25, 0.3) is 0 Å². The summed E-state index contributed by atoms with van der Waals surface area (Å²) in [5.74, 6) is 0.240. The first-order valence-corrected chi connectivity index (χ1v) is 5.32. The molecule has 18 heavy (non-hydrogen) atoms. The van der Waals surface area contributed by atoms with Gasteiger partial charge in [0.1, 0.15) is 6.33 Å². The summed E-state index contributed by atoms with van der Waals surface area (Å²) in [7, 11) is 1.70. The number of hydrogen-bond donors (Lipinski definition) is 1. The molecule has 0 aliphatic heterocycles. The van der Waals surface area contributed by atoms with Crippen LogP contribution in [-0.2, 0) is 18.3 Å². The smallest absolute Gasteiger partial charge is 0.231 e. The first-order valence-electron chi connectivity index (χ1n) is 5.32. The molecule has 1 aromatic carbocycles. The molecule has 6 nitrogen and oxygen atoms in total. The van der Waals surface area contributed by atoms with Crippen molar-refractivity contribution in [1.29, 1.82) is 5.26 Å². The number of carbonyl (C=O) groups excluding carboxylic acids is 1. The van der Waals surface area contributed by atoms with Gasteiger partial charge in [0.2, 0.25) is 11.9 Å². The third-order valence-corrected chi connectivity index (χ3v) is 2.41. The van der Waals surface area contributed by atoms with Gasteiger partial charge in [0, 0.05) is 7.05 Å². The van der Waals surface area contributed by atoms with Crippen LogP contribution >= 0.6 is 0 Å². The second-order valence-electron chi connectivity index (χ2n) is 3.74. The molecular formula is C12H11N5O. The molecule has 2 rings (SSSR count). The van der Waals surface area contributed by atoms with E-state index in [1.54, 1.807) is 31.3 Å². The van der Waals surface area contributed by atoms with Crippen LogP contribution in [0.15, 0.2) is 30.6 Å². The summed E-state index contributed by atoms with van der Waals surface area (Å²) in [5, 5.41) is 15.2. The molecule has 0 atom stereocenters. The van der Waals surface area contributed by atoms with Gasteiger partial charge < -0.3 is 0 Å². The van der Waals surface area contributed by atoms with E-state index in [4.69, 9.17) is 5.26 Å². The van der Waals surface area contributed by atoms with Crippen molar-refractivity contribution >= 4 is 11.9 Å². The molecule has 6 heteroatoms. The zero-order valence-corrected chi connectivity index (χ0v) is 9.79. The number of amides is 1. The van der Waals surface area contributed by atoms with E-state index in [0.717, 1.165) is 5.56 Å². The number of aryl methyl sites for hydroxylation is 1. The molecule has 0 aliphatic rings. The minimum Gasteiger partial charge on any atom is -0.294 e. The summed E-state index contributed by atoms with van der Waals surface area (Å²) in [6.07, 6.45) is 1.61. The molecule has 0 spiro atoms. The number of nitrogens with zero attached hydrogens (tertiary/aromatic N) is 4. The zero-order valence-electron chi connectivity index (χ0n) is 9.79. The average molecular weight is 241 g/mol. The summed E-state index contributed by atoms with van der Waals surface area (Å²) in [5.41, 5.74) is 1.42. The van der Waals surface area contributed by atoms with Gasteiger partial charge in [-0.05, 0) is 17.7 Å². The monoisotopic (exact) mass is 241 g/mol. The van der Waals surface area contributed by atoms with Crippen LogP contribution in [0.5, 0.6) is 0 Å². The predicted molar refractivity (Wildman–Crippen MR) is 64.5 cm³/mol. The van der Waals surface area contributed by atoms with E-state index in [1.807, 2.05) is 6.07 Å². The van der Waals surface area contributed by atoms with E-state index in [0.29, 0.717) is 11.5 Å². The van der Waals surface area contributed by atoms with E-state index in [9.17, 15) is 4.79 Å². The average Bonchev–Trinajstić information content (AvgIpc) is 2.76. The van der Waals surface area contributed by atoms with Gasteiger partial charge in [-0.1, -0.05) is 12.1 Å². The molecule has 90 valence electrons. The molecule has 1 aromatic heterocycles. The summed E-state index contributed by atoms with van der Waals surface area (Å²) in [6, 6.07) is 8.92. The van der Waals surface area contributed by atoms with E-state index >= 15 is 0 Å². The number of carbonyl (C=O) groups is 1. The molecule has 0 saturated carbocycles. The molecule has 0 aliphatic carbocycles. The topological polar surface area (TPSA) is 83.6 Å². The van der Waals surface area contributed by atoms with Crippen molar-refractivity contribution in [3.8, 4) is 6.07 Å². The Hall–Kier alpha value is -2.68. The van der Waals surface area contributed by atoms with Crippen molar-refractivity contribution in [2.45, 2.75) is 6.42 Å². The summed E-state index contributed by atoms with van der Waals surface area (Å²) in [4.78, 5) is 15.6. The molecule has 0 fully saturated rings. The van der Waals surface area contributed by atoms with Gasteiger partial charge >= 0.3 is 0 Å². The highest BCUT2D eigenvalue weighted by molar-refractivity contribution is 5.90. The number of nitrogens with one attached hydrogen (secondary N) is 1. The van der Waals surface area contributed by atoms with Crippen LogP contribution in [0.3, 0.4) is 0 Å². The maximum atomic E-state index is 11.7. The van der Waals surface area contributed by atoms with Gasteiger partial charge in [0.05, 0.1) is 18.1 Å². The fraction of sp³-hybridized carbons (Fsp3) is 0.167. The number of benzene rings is 1. The van der Waals surface area contributed by atoms with E-state index in [-0.39, 0.29) is 12.3 Å². The fourth-order valence-electron chi connectivity index (χ4n) is 1.46. The van der Waals surface area contributed by atoms with Crippen molar-refractivity contribution in [1.82, 2.24) is 14.8 Å². The summed E-state index contributed by atoms with van der Waals surface area (Å²) < 4.78 is 1.48. The van der Waals surface area contributed by atoms with Crippen LogP contribution in [0.4, 0.5) is 5.95 Å². The van der Waals surface area contributed by atoms with Crippen LogP contribution in [-0.4, -0.2) is 20.7 Å². The summed E-state index contributed by atoms with van der Waals surface area (Å²) >= 11 is 0. The first kappa shape index (κ1) is 11.8. The number of aromatic nitrogens is 3. The van der Waals surface area contributed by atoms with Gasteiger partial charge in [0.25, 0.3) is 0 Å². The second-order valence-corrected chi connectivity index (χ2v) is 3.74. The zero-order chi connectivity index (χ0) is 13.0. The van der Waals surface area contributed by atoms with Crippen molar-refractivity contribution in [3.05, 3.63) is 41.7 Å². The first-order chi connectivity index (χ1) is 8.69. The largest absolute Gasteiger partial charge is 0.294 e. The van der Waals surface area contributed by atoms with Crippen LogP contribution < -0.4 is 5.32 Å². The number of rotatable bonds is 3. The summed E-state index contributed by atoms with van der Waals surface area (Å²) in [6.45, 7) is 0. The molecule has 2 aromatic rings. The van der Waals surface area contributed by atoms with Gasteiger partial charge in [-0.2, -0.15) is 15.3 Å². The lowest BCUT2D eigenvalue weighted by Gasteiger charge is -2.03. The lowest BCUT2D eigenvalue weighted by molar-refractivity contribution is -0.115. The Morgan fingerprint density at radius 3 is 2.72 bits per heavy atom. The normalized spacial score (nSPS) is 9.78. The number of hydrogen-bond acceptors (Lipinski definition) is 4. The van der Waals surface area contributed by atoms with Crippen LogP contribution in [0.1, 0.15) is 11.1 Å². The Bertz CT molecular complexity index is 594. The maximum absolute atomic E-state index is 11.7. The highest BCUT2D eigenvalue weighted by Crippen LogP contribution is 2.06. The number of anilines is 1. The highest BCUT2D eigenvalue weighted by Gasteiger charge is 2.07. The van der Waals surface area contributed by atoms with Crippen LogP contribution in [0.2, 0.25) is 0 Å². The van der Waals surface area contributed by atoms with Crippen molar-refractivity contribution in [3.63, 3.8) is 0 Å². The Labute approximate surface area is 104 Å². The van der Waals surface area contributed by atoms with Crippen molar-refractivity contribution in [2.75, 3.05) is 5.32 Å². The standard InChI is InChI=1S/C12H11N5O/c1-17-12(14-8-15-17)16-11(18)6-9-2-4-10(7-13)5-3-9/h2-5,8H,6H2,1H3,(H,14,15,16,18). The minimum absolute atomic E-state index is 0.171. The lowest BCUT2D eigenvalue weighted by atomic mass is 10.1. The minimum atomic E-state index is -0.171. The van der Waals surface area contributed by atoms with E-state index in [1.165, 1.54) is 11.0 Å². The molecule has 1 amide bonds. The quantitative estimate of drug-likeness (QED) is 0.864. The molecular weight excluding hydrogens is 230 g/mol. The van der Waals surface area contributed by atoms with E-state index < -0.39 is 0 Å². The van der Waals surface area contributed by atoms with Gasteiger partial charge in [-0.3, -0.25) is 10.1 Å². The van der Waals surface area contributed by atoms with Gasteiger partial charge in [-0.15, -0.1) is 0 Å². The second kappa shape index (κ2) is 5.10. The lowest BCUT2D eigenvalue weighted by Crippen LogP contribution is -2.17. The van der Waals surface area contributed by atoms with Crippen molar-refractivity contribution < 1.29 is 4.79 Å². The van der Waals surface area contributed by atoms with Crippen LogP contribution in [0, 0.1) is 11.3 Å². The molecule has 0 radical (unpaired) electrons. The highest BCUT2D eigenvalue weighted by atomic mass is 16.1. The third kappa shape index (κ3) is 2.71. The molecule has 0 unspecified atom stereocenters. The van der Waals surface area contributed by atoms with Crippen molar-refractivity contribution in [2.24, 2.45) is 7.05 Å². The molecule has 1 heterocycles. The molecule has 1 N–H and O–H groups in total. The number of nitriles is 1. The Morgan fingerprint density at radius 2 is 2.17 bits per heavy atom. The third-order valence-electron chi connectivity index (χ3n) is 2.41. The Balaban J connectivity index is 1.99. The van der Waals surface area contributed by atoms with Gasteiger partial charge in [-0.25, -0.2) is 4.68 Å². The molecule has 0 saturated heterocycles. The maximum Gasteiger partial charge on any atom is 0.231 e. The fourth-order valence-corrected chi connectivity index (χ4v) is 1.46. The SMILES string of the molecule is Cn1ncnc1NC(=O)Cc1ccc(C#N)cc1. The predicted octanol–water partition coefficient (Wildman–Crippen LogP) is 0.868.